The topological polar surface area (TPSA) is 24.9 Å². The van der Waals surface area contributed by atoms with E-state index in [9.17, 15) is 0 Å². The fraction of sp³-hybridized carbons (Fsp3) is 0.500. The van der Waals surface area contributed by atoms with Gasteiger partial charge < -0.3 is 5.32 Å². The third-order valence-corrected chi connectivity index (χ3v) is 2.53. The number of anilines is 1. The number of thioether (sulfide) groups is 1. The van der Waals surface area contributed by atoms with Crippen LogP contribution in [0.15, 0.2) is 18.2 Å². The first-order valence-electron chi connectivity index (χ1n) is 4.64. The highest BCUT2D eigenvalue weighted by atomic mass is 32.2. The van der Waals surface area contributed by atoms with Crippen LogP contribution >= 0.6 is 11.8 Å². The van der Waals surface area contributed by atoms with Gasteiger partial charge in [-0.2, -0.15) is 11.8 Å². The number of nitrogens with zero attached hydrogens (tertiary/aromatic N) is 1. The van der Waals surface area contributed by atoms with Crippen molar-refractivity contribution in [2.75, 3.05) is 17.6 Å². The van der Waals surface area contributed by atoms with Crippen molar-refractivity contribution >= 4 is 17.6 Å². The lowest BCUT2D eigenvalue weighted by Crippen LogP contribution is -2.00. The largest absolute Gasteiger partial charge is 0.370 e. The van der Waals surface area contributed by atoms with Gasteiger partial charge in [0.15, 0.2) is 0 Å². The molecule has 1 aromatic rings. The fourth-order valence-corrected chi connectivity index (χ4v) is 1.62. The summed E-state index contributed by atoms with van der Waals surface area (Å²) in [7, 11) is 0. The molecular weight excluding hydrogens is 180 g/mol. The number of rotatable bonds is 5. The molecular formula is C10H16N2S. The molecule has 0 saturated heterocycles. The highest BCUT2D eigenvalue weighted by Gasteiger charge is 1.95. The SMILES string of the molecule is CCNc1cccc(CSCC)n1. The Bertz CT molecular complexity index is 250. The Morgan fingerprint density at radius 1 is 1.38 bits per heavy atom. The van der Waals surface area contributed by atoms with Crippen molar-refractivity contribution in [2.24, 2.45) is 0 Å². The summed E-state index contributed by atoms with van der Waals surface area (Å²) in [6, 6.07) is 6.13. The molecule has 0 aromatic carbocycles. The van der Waals surface area contributed by atoms with Gasteiger partial charge in [0.25, 0.3) is 0 Å². The van der Waals surface area contributed by atoms with E-state index in [1.807, 2.05) is 17.8 Å². The van der Waals surface area contributed by atoms with E-state index in [4.69, 9.17) is 0 Å². The molecule has 0 radical (unpaired) electrons. The van der Waals surface area contributed by atoms with Crippen molar-refractivity contribution in [1.29, 1.82) is 0 Å². The molecule has 2 nitrogen and oxygen atoms in total. The number of pyridine rings is 1. The molecule has 13 heavy (non-hydrogen) atoms. The summed E-state index contributed by atoms with van der Waals surface area (Å²) in [4.78, 5) is 4.47. The van der Waals surface area contributed by atoms with Gasteiger partial charge in [0, 0.05) is 12.3 Å². The van der Waals surface area contributed by atoms with E-state index >= 15 is 0 Å². The van der Waals surface area contributed by atoms with Crippen LogP contribution < -0.4 is 5.32 Å². The van der Waals surface area contributed by atoms with E-state index in [1.54, 1.807) is 0 Å². The third kappa shape index (κ3) is 3.68. The molecule has 0 saturated carbocycles. The van der Waals surface area contributed by atoms with Gasteiger partial charge >= 0.3 is 0 Å². The summed E-state index contributed by atoms with van der Waals surface area (Å²) in [6.07, 6.45) is 0. The first-order valence-corrected chi connectivity index (χ1v) is 5.79. The Morgan fingerprint density at radius 2 is 2.23 bits per heavy atom. The first kappa shape index (κ1) is 10.4. The predicted octanol–water partition coefficient (Wildman–Crippen LogP) is 2.77. The van der Waals surface area contributed by atoms with Gasteiger partial charge in [-0.05, 0) is 24.8 Å². The summed E-state index contributed by atoms with van der Waals surface area (Å²) in [6.45, 7) is 5.17. The molecule has 0 unspecified atom stereocenters. The van der Waals surface area contributed by atoms with Gasteiger partial charge in [-0.25, -0.2) is 4.98 Å². The van der Waals surface area contributed by atoms with Crippen LogP contribution in [0.4, 0.5) is 5.82 Å². The molecule has 0 spiro atoms. The predicted molar refractivity (Wildman–Crippen MR) is 60.2 cm³/mol. The average Bonchev–Trinajstić information content (AvgIpc) is 2.16. The summed E-state index contributed by atoms with van der Waals surface area (Å²) < 4.78 is 0. The van der Waals surface area contributed by atoms with E-state index in [1.165, 1.54) is 0 Å². The van der Waals surface area contributed by atoms with Crippen LogP contribution in [-0.4, -0.2) is 17.3 Å². The smallest absolute Gasteiger partial charge is 0.126 e. The Balaban J connectivity index is 2.56. The minimum absolute atomic E-state index is 0.928. The number of aromatic nitrogens is 1. The first-order chi connectivity index (χ1) is 6.36. The minimum Gasteiger partial charge on any atom is -0.370 e. The molecule has 0 aliphatic rings. The van der Waals surface area contributed by atoms with Crippen LogP contribution in [0.5, 0.6) is 0 Å². The standard InChI is InChI=1S/C10H16N2S/c1-3-11-10-7-5-6-9(12-10)8-13-4-2/h5-7H,3-4,8H2,1-2H3,(H,11,12). The zero-order valence-electron chi connectivity index (χ0n) is 8.21. The quantitative estimate of drug-likeness (QED) is 0.784. The third-order valence-electron chi connectivity index (χ3n) is 1.62. The Labute approximate surface area is 84.1 Å². The maximum absolute atomic E-state index is 4.47. The molecule has 0 atom stereocenters. The molecule has 1 aromatic heterocycles. The highest BCUT2D eigenvalue weighted by Crippen LogP contribution is 2.11. The van der Waals surface area contributed by atoms with Crippen LogP contribution in [0.25, 0.3) is 0 Å². The van der Waals surface area contributed by atoms with E-state index in [0.29, 0.717) is 0 Å². The molecule has 0 fully saturated rings. The van der Waals surface area contributed by atoms with Crippen LogP contribution in [0.1, 0.15) is 19.5 Å². The zero-order chi connectivity index (χ0) is 9.52. The number of nitrogens with one attached hydrogen (secondary N) is 1. The van der Waals surface area contributed by atoms with Crippen molar-refractivity contribution in [2.45, 2.75) is 19.6 Å². The Hall–Kier alpha value is -0.700. The molecule has 1 N–H and O–H groups in total. The van der Waals surface area contributed by atoms with Crippen molar-refractivity contribution in [1.82, 2.24) is 4.98 Å². The van der Waals surface area contributed by atoms with Crippen LogP contribution in [0.2, 0.25) is 0 Å². The molecule has 0 amide bonds. The second-order valence-electron chi connectivity index (χ2n) is 2.68. The van der Waals surface area contributed by atoms with E-state index in [2.05, 4.69) is 36.3 Å². The molecule has 0 bridgehead atoms. The van der Waals surface area contributed by atoms with E-state index in [-0.39, 0.29) is 0 Å². The van der Waals surface area contributed by atoms with Crippen LogP contribution in [0, 0.1) is 0 Å². The average molecular weight is 196 g/mol. The molecule has 3 heteroatoms. The van der Waals surface area contributed by atoms with E-state index in [0.717, 1.165) is 29.6 Å². The van der Waals surface area contributed by atoms with Crippen molar-refractivity contribution < 1.29 is 0 Å². The summed E-state index contributed by atoms with van der Waals surface area (Å²) in [5, 5.41) is 3.20. The van der Waals surface area contributed by atoms with Crippen molar-refractivity contribution in [3.05, 3.63) is 23.9 Å². The second kappa shape index (κ2) is 5.86. The van der Waals surface area contributed by atoms with Crippen molar-refractivity contribution in [3.63, 3.8) is 0 Å². The van der Waals surface area contributed by atoms with Gasteiger partial charge in [-0.1, -0.05) is 13.0 Å². The lowest BCUT2D eigenvalue weighted by molar-refractivity contribution is 1.11. The van der Waals surface area contributed by atoms with Crippen molar-refractivity contribution in [3.8, 4) is 0 Å². The lowest BCUT2D eigenvalue weighted by atomic mass is 10.4. The Morgan fingerprint density at radius 3 is 2.92 bits per heavy atom. The lowest BCUT2D eigenvalue weighted by Gasteiger charge is -2.04. The van der Waals surface area contributed by atoms with E-state index < -0.39 is 0 Å². The molecule has 1 rings (SSSR count). The van der Waals surface area contributed by atoms with Gasteiger partial charge in [0.05, 0.1) is 5.69 Å². The molecule has 0 aliphatic heterocycles. The van der Waals surface area contributed by atoms with Gasteiger partial charge in [0.2, 0.25) is 0 Å². The highest BCUT2D eigenvalue weighted by molar-refractivity contribution is 7.98. The summed E-state index contributed by atoms with van der Waals surface area (Å²) >= 11 is 1.90. The minimum atomic E-state index is 0.928. The summed E-state index contributed by atoms with van der Waals surface area (Å²) in [5.41, 5.74) is 1.16. The van der Waals surface area contributed by atoms with Gasteiger partial charge in [-0.3, -0.25) is 0 Å². The molecule has 1 heterocycles. The van der Waals surface area contributed by atoms with Gasteiger partial charge in [0.1, 0.15) is 5.82 Å². The van der Waals surface area contributed by atoms with Crippen LogP contribution in [-0.2, 0) is 5.75 Å². The second-order valence-corrected chi connectivity index (χ2v) is 3.96. The normalized spacial score (nSPS) is 10.0. The molecule has 72 valence electrons. The maximum Gasteiger partial charge on any atom is 0.126 e. The monoisotopic (exact) mass is 196 g/mol. The number of hydrogen-bond acceptors (Lipinski definition) is 3. The van der Waals surface area contributed by atoms with Gasteiger partial charge in [-0.15, -0.1) is 0 Å². The van der Waals surface area contributed by atoms with Crippen LogP contribution in [0.3, 0.4) is 0 Å². The Kier molecular flexibility index (Phi) is 4.68. The number of hydrogen-bond donors (Lipinski definition) is 1. The summed E-state index contributed by atoms with van der Waals surface area (Å²) in [5.74, 6) is 3.14. The maximum atomic E-state index is 4.47. The zero-order valence-corrected chi connectivity index (χ0v) is 9.03. The molecule has 0 aliphatic carbocycles. The fourth-order valence-electron chi connectivity index (χ4n) is 1.05.